The maximum Gasteiger partial charge on any atom is 0.246 e. The molecular formula is C8H16N2O2. The molecule has 0 aromatic carbocycles. The predicted molar refractivity (Wildman–Crippen MR) is 45.1 cm³/mol. The minimum absolute atomic E-state index is 0.0683. The molecule has 1 saturated carbocycles. The van der Waals surface area contributed by atoms with Crippen LogP contribution in [0.2, 0.25) is 0 Å². The second-order valence-corrected chi connectivity index (χ2v) is 3.46. The number of hydrogen-bond donors (Lipinski definition) is 3. The number of aliphatic hydroxyl groups excluding tert-OH is 1. The molecule has 12 heavy (non-hydrogen) atoms. The predicted octanol–water partition coefficient (Wildman–Crippen LogP) is -0.650. The number of aliphatic hydroxyl groups is 1. The van der Waals surface area contributed by atoms with Gasteiger partial charge >= 0.3 is 0 Å². The lowest BCUT2D eigenvalue weighted by Crippen LogP contribution is -2.46. The Kier molecular flexibility index (Phi) is 3.05. The van der Waals surface area contributed by atoms with Crippen LogP contribution in [-0.2, 0) is 4.79 Å². The zero-order chi connectivity index (χ0) is 9.14. The average Bonchev–Trinajstić information content (AvgIpc) is 2.04. The smallest absolute Gasteiger partial charge is 0.246 e. The van der Waals surface area contributed by atoms with E-state index in [0.29, 0.717) is 0 Å². The summed E-state index contributed by atoms with van der Waals surface area (Å²) in [6.07, 6.45) is 2.76. The zero-order valence-electron chi connectivity index (χ0n) is 7.07. The number of amides is 1. The molecule has 1 aliphatic carbocycles. The Morgan fingerprint density at radius 1 is 1.42 bits per heavy atom. The van der Waals surface area contributed by atoms with Crippen LogP contribution in [0, 0.1) is 5.92 Å². The molecule has 1 rings (SSSR count). The van der Waals surface area contributed by atoms with Crippen LogP contribution in [0.3, 0.4) is 0 Å². The highest BCUT2D eigenvalue weighted by atomic mass is 16.3. The number of rotatable bonds is 2. The first-order valence-electron chi connectivity index (χ1n) is 4.36. The summed E-state index contributed by atoms with van der Waals surface area (Å²) in [5, 5.41) is 9.37. The summed E-state index contributed by atoms with van der Waals surface area (Å²) < 4.78 is 0. The van der Waals surface area contributed by atoms with Crippen molar-refractivity contribution >= 4 is 5.91 Å². The van der Waals surface area contributed by atoms with Crippen molar-refractivity contribution in [3.05, 3.63) is 0 Å². The van der Waals surface area contributed by atoms with Gasteiger partial charge < -0.3 is 16.6 Å². The molecule has 3 atom stereocenters. The van der Waals surface area contributed by atoms with Crippen LogP contribution in [0.1, 0.15) is 25.7 Å². The van der Waals surface area contributed by atoms with Crippen molar-refractivity contribution in [2.75, 3.05) is 0 Å². The van der Waals surface area contributed by atoms with Crippen LogP contribution in [0.5, 0.6) is 0 Å². The van der Waals surface area contributed by atoms with Gasteiger partial charge in [0.2, 0.25) is 5.91 Å². The highest BCUT2D eigenvalue weighted by Crippen LogP contribution is 2.25. The largest absolute Gasteiger partial charge is 0.383 e. The van der Waals surface area contributed by atoms with Gasteiger partial charge in [-0.05, 0) is 12.8 Å². The number of primary amides is 1. The third kappa shape index (κ3) is 1.95. The van der Waals surface area contributed by atoms with E-state index < -0.39 is 12.0 Å². The first kappa shape index (κ1) is 9.48. The van der Waals surface area contributed by atoms with E-state index in [-0.39, 0.29) is 12.0 Å². The fraction of sp³-hybridized carbons (Fsp3) is 0.875. The van der Waals surface area contributed by atoms with E-state index >= 15 is 0 Å². The van der Waals surface area contributed by atoms with Gasteiger partial charge in [0.25, 0.3) is 0 Å². The zero-order valence-corrected chi connectivity index (χ0v) is 7.07. The highest BCUT2D eigenvalue weighted by molar-refractivity contribution is 5.78. The average molecular weight is 172 g/mol. The fourth-order valence-electron chi connectivity index (χ4n) is 1.79. The molecule has 0 saturated heterocycles. The molecular weight excluding hydrogens is 156 g/mol. The van der Waals surface area contributed by atoms with Crippen LogP contribution in [-0.4, -0.2) is 23.2 Å². The van der Waals surface area contributed by atoms with Crippen molar-refractivity contribution in [2.45, 2.75) is 37.8 Å². The van der Waals surface area contributed by atoms with Gasteiger partial charge in [0, 0.05) is 12.0 Å². The fourth-order valence-corrected chi connectivity index (χ4v) is 1.79. The van der Waals surface area contributed by atoms with Gasteiger partial charge in [-0.25, -0.2) is 0 Å². The number of carbonyl (C=O) groups excluding carboxylic acids is 1. The monoisotopic (exact) mass is 172 g/mol. The maximum atomic E-state index is 10.7. The first-order chi connectivity index (χ1) is 5.63. The normalized spacial score (nSPS) is 32.8. The molecule has 0 heterocycles. The van der Waals surface area contributed by atoms with Crippen molar-refractivity contribution in [3.8, 4) is 0 Å². The molecule has 5 N–H and O–H groups in total. The van der Waals surface area contributed by atoms with Crippen molar-refractivity contribution < 1.29 is 9.90 Å². The molecule has 0 spiro atoms. The van der Waals surface area contributed by atoms with Crippen molar-refractivity contribution in [3.63, 3.8) is 0 Å². The molecule has 0 aromatic heterocycles. The second-order valence-electron chi connectivity index (χ2n) is 3.46. The maximum absolute atomic E-state index is 10.7. The Morgan fingerprint density at radius 2 is 2.00 bits per heavy atom. The second kappa shape index (κ2) is 3.87. The Bertz CT molecular complexity index is 172. The lowest BCUT2D eigenvalue weighted by atomic mass is 9.81. The van der Waals surface area contributed by atoms with E-state index in [4.69, 9.17) is 11.5 Å². The quantitative estimate of drug-likeness (QED) is 0.517. The number of nitrogens with two attached hydrogens (primary N) is 2. The Balaban J connectivity index is 2.53. The minimum Gasteiger partial charge on any atom is -0.383 e. The topological polar surface area (TPSA) is 89.3 Å². The summed E-state index contributed by atoms with van der Waals surface area (Å²) in [6.45, 7) is 0. The lowest BCUT2D eigenvalue weighted by Gasteiger charge is -2.30. The Morgan fingerprint density at radius 3 is 2.50 bits per heavy atom. The van der Waals surface area contributed by atoms with Crippen molar-refractivity contribution in [1.29, 1.82) is 0 Å². The van der Waals surface area contributed by atoms with Gasteiger partial charge in [0.1, 0.15) is 6.10 Å². The lowest BCUT2D eigenvalue weighted by molar-refractivity contribution is -0.129. The summed E-state index contributed by atoms with van der Waals surface area (Å²) >= 11 is 0. The molecule has 0 aromatic rings. The molecule has 4 heteroatoms. The first-order valence-corrected chi connectivity index (χ1v) is 4.36. The van der Waals surface area contributed by atoms with Crippen molar-refractivity contribution in [1.82, 2.24) is 0 Å². The van der Waals surface area contributed by atoms with E-state index in [1.807, 2.05) is 0 Å². The van der Waals surface area contributed by atoms with E-state index in [1.54, 1.807) is 0 Å². The van der Waals surface area contributed by atoms with Gasteiger partial charge in [-0.15, -0.1) is 0 Å². The summed E-state index contributed by atoms with van der Waals surface area (Å²) in [7, 11) is 0. The molecule has 1 amide bonds. The standard InChI is InChI=1S/C8H16N2O2/c9-6-4-2-1-3-5(6)7(11)8(10)12/h5-7,11H,1-4,9H2,(H2,10,12). The van der Waals surface area contributed by atoms with E-state index in [9.17, 15) is 9.90 Å². The molecule has 1 aliphatic rings. The van der Waals surface area contributed by atoms with E-state index in [1.165, 1.54) is 0 Å². The van der Waals surface area contributed by atoms with Crippen LogP contribution in [0.25, 0.3) is 0 Å². The van der Waals surface area contributed by atoms with Crippen molar-refractivity contribution in [2.24, 2.45) is 17.4 Å². The molecule has 4 nitrogen and oxygen atoms in total. The van der Waals surface area contributed by atoms with E-state index in [2.05, 4.69) is 0 Å². The molecule has 70 valence electrons. The molecule has 0 radical (unpaired) electrons. The van der Waals surface area contributed by atoms with Crippen LogP contribution in [0.4, 0.5) is 0 Å². The summed E-state index contributed by atoms with van der Waals surface area (Å²) in [4.78, 5) is 10.7. The third-order valence-electron chi connectivity index (χ3n) is 2.57. The van der Waals surface area contributed by atoms with Gasteiger partial charge in [-0.2, -0.15) is 0 Å². The van der Waals surface area contributed by atoms with Gasteiger partial charge in [0.15, 0.2) is 0 Å². The summed E-state index contributed by atoms with van der Waals surface area (Å²) in [5.74, 6) is -0.784. The summed E-state index contributed by atoms with van der Waals surface area (Å²) in [6, 6.07) is -0.0683. The molecule has 1 fully saturated rings. The number of carbonyl (C=O) groups is 1. The van der Waals surface area contributed by atoms with Gasteiger partial charge in [-0.3, -0.25) is 4.79 Å². The van der Waals surface area contributed by atoms with E-state index in [0.717, 1.165) is 25.7 Å². The van der Waals surface area contributed by atoms with Gasteiger partial charge in [-0.1, -0.05) is 12.8 Å². The van der Waals surface area contributed by atoms with Crippen LogP contribution >= 0.6 is 0 Å². The summed E-state index contributed by atoms with van der Waals surface area (Å²) in [5.41, 5.74) is 10.7. The third-order valence-corrected chi connectivity index (χ3v) is 2.57. The SMILES string of the molecule is NC(=O)C(O)C1CCCCC1N. The Hall–Kier alpha value is -0.610. The Labute approximate surface area is 71.9 Å². The van der Waals surface area contributed by atoms with Crippen LogP contribution in [0.15, 0.2) is 0 Å². The number of hydrogen-bond acceptors (Lipinski definition) is 3. The minimum atomic E-state index is -1.06. The van der Waals surface area contributed by atoms with Gasteiger partial charge in [0.05, 0.1) is 0 Å². The highest BCUT2D eigenvalue weighted by Gasteiger charge is 2.31. The van der Waals surface area contributed by atoms with Crippen LogP contribution < -0.4 is 11.5 Å². The molecule has 0 bridgehead atoms. The molecule has 3 unspecified atom stereocenters. The molecule has 0 aliphatic heterocycles.